The third kappa shape index (κ3) is 5.15. The molecule has 1 atom stereocenters. The maximum atomic E-state index is 6.17. The van der Waals surface area contributed by atoms with Gasteiger partial charge in [0.1, 0.15) is 0 Å². The molecule has 0 radical (unpaired) electrons. The van der Waals surface area contributed by atoms with Crippen LogP contribution in [0.5, 0.6) is 0 Å². The number of likely N-dealkylation sites (tertiary alicyclic amines) is 1. The maximum Gasteiger partial charge on any atom is 0.0928 e. The smallest absolute Gasteiger partial charge is 0.0928 e. The quantitative estimate of drug-likeness (QED) is 0.912. The van der Waals surface area contributed by atoms with E-state index in [-0.39, 0.29) is 30.2 Å². The van der Waals surface area contributed by atoms with Gasteiger partial charge in [-0.15, -0.1) is 36.2 Å². The van der Waals surface area contributed by atoms with E-state index in [4.69, 9.17) is 10.7 Å². The van der Waals surface area contributed by atoms with Gasteiger partial charge in [-0.2, -0.15) is 0 Å². The molecule has 2 heterocycles. The molecule has 0 amide bonds. The zero-order valence-electron chi connectivity index (χ0n) is 12.6. The predicted octanol–water partition coefficient (Wildman–Crippen LogP) is 3.50. The Morgan fingerprint density at radius 3 is 2.75 bits per heavy atom. The van der Waals surface area contributed by atoms with Crippen LogP contribution >= 0.6 is 36.2 Å². The molecule has 1 aromatic heterocycles. The van der Waals surface area contributed by atoms with E-state index >= 15 is 0 Å². The van der Waals surface area contributed by atoms with Gasteiger partial charge >= 0.3 is 0 Å². The van der Waals surface area contributed by atoms with Gasteiger partial charge in [0.15, 0.2) is 0 Å². The van der Waals surface area contributed by atoms with Crippen LogP contribution < -0.4 is 5.73 Å². The van der Waals surface area contributed by atoms with E-state index in [0.29, 0.717) is 6.04 Å². The molecule has 1 saturated heterocycles. The summed E-state index contributed by atoms with van der Waals surface area (Å²) in [6.07, 6.45) is 3.39. The van der Waals surface area contributed by atoms with Crippen molar-refractivity contribution in [2.24, 2.45) is 11.1 Å². The molecule has 6 heteroatoms. The Balaban J connectivity index is 0.00000180. The summed E-state index contributed by atoms with van der Waals surface area (Å²) in [5, 5.41) is 3.49. The Morgan fingerprint density at radius 1 is 1.45 bits per heavy atom. The Hall–Kier alpha value is 0.130. The molecule has 20 heavy (non-hydrogen) atoms. The molecular formula is C14H27Cl2N3S. The monoisotopic (exact) mass is 339 g/mol. The summed E-state index contributed by atoms with van der Waals surface area (Å²) >= 11 is 1.80. The summed E-state index contributed by atoms with van der Waals surface area (Å²) in [4.78, 5) is 7.20. The van der Waals surface area contributed by atoms with Crippen molar-refractivity contribution >= 4 is 36.2 Å². The van der Waals surface area contributed by atoms with Gasteiger partial charge < -0.3 is 5.73 Å². The molecule has 2 N–H and O–H groups in total. The summed E-state index contributed by atoms with van der Waals surface area (Å²) in [6, 6.07) is 0.333. The molecule has 0 spiro atoms. The minimum atomic E-state index is 0. The van der Waals surface area contributed by atoms with E-state index in [2.05, 4.69) is 31.1 Å². The van der Waals surface area contributed by atoms with Crippen LogP contribution in [0.3, 0.4) is 0 Å². The van der Waals surface area contributed by atoms with Crippen LogP contribution in [0.25, 0.3) is 0 Å². The normalized spacial score (nSPS) is 21.9. The molecule has 2 rings (SSSR count). The standard InChI is InChI=1S/C14H25N3S.2ClH/c1-4-5-13-16-11(9-18-13)8-17-7-6-12(15)14(2,3)10-17;;/h9,12H,4-8,10,15H2,1-3H3;2*1H. The number of thiazole rings is 1. The van der Waals surface area contributed by atoms with Gasteiger partial charge in [0, 0.05) is 31.1 Å². The fourth-order valence-electron chi connectivity index (χ4n) is 2.60. The van der Waals surface area contributed by atoms with E-state index < -0.39 is 0 Å². The van der Waals surface area contributed by atoms with E-state index in [0.717, 1.165) is 32.5 Å². The maximum absolute atomic E-state index is 6.17. The molecule has 1 aromatic rings. The molecule has 0 aromatic carbocycles. The SMILES string of the molecule is CCCc1nc(CN2CCC(N)C(C)(C)C2)cs1.Cl.Cl. The molecule has 1 fully saturated rings. The van der Waals surface area contributed by atoms with Crippen LogP contribution in [-0.4, -0.2) is 29.0 Å². The minimum absolute atomic E-state index is 0. The molecule has 1 unspecified atom stereocenters. The van der Waals surface area contributed by atoms with Crippen LogP contribution in [-0.2, 0) is 13.0 Å². The fraction of sp³-hybridized carbons (Fsp3) is 0.786. The number of piperidine rings is 1. The third-order valence-corrected chi connectivity index (χ3v) is 4.80. The molecule has 0 saturated carbocycles. The van der Waals surface area contributed by atoms with Crippen molar-refractivity contribution in [3.8, 4) is 0 Å². The van der Waals surface area contributed by atoms with Gasteiger partial charge in [-0.25, -0.2) is 4.98 Å². The highest BCUT2D eigenvalue weighted by atomic mass is 35.5. The second kappa shape index (κ2) is 8.54. The molecule has 3 nitrogen and oxygen atoms in total. The minimum Gasteiger partial charge on any atom is -0.327 e. The van der Waals surface area contributed by atoms with Crippen molar-refractivity contribution in [3.63, 3.8) is 0 Å². The first kappa shape index (κ1) is 20.1. The first-order chi connectivity index (χ1) is 8.51. The average molecular weight is 340 g/mol. The van der Waals surface area contributed by atoms with Gasteiger partial charge in [0.05, 0.1) is 10.7 Å². The number of aryl methyl sites for hydroxylation is 1. The van der Waals surface area contributed by atoms with Gasteiger partial charge in [-0.1, -0.05) is 20.8 Å². The highest BCUT2D eigenvalue weighted by Crippen LogP contribution is 2.28. The number of nitrogens with two attached hydrogens (primary N) is 1. The first-order valence-corrected chi connectivity index (χ1v) is 7.80. The van der Waals surface area contributed by atoms with Crippen LogP contribution in [0.1, 0.15) is 44.3 Å². The van der Waals surface area contributed by atoms with Crippen molar-refractivity contribution in [3.05, 3.63) is 16.1 Å². The number of nitrogens with zero attached hydrogens (tertiary/aromatic N) is 2. The van der Waals surface area contributed by atoms with Crippen LogP contribution in [0, 0.1) is 5.41 Å². The largest absolute Gasteiger partial charge is 0.327 e. The second-order valence-corrected chi connectivity index (χ2v) is 7.02. The number of hydrogen-bond donors (Lipinski definition) is 1. The summed E-state index contributed by atoms with van der Waals surface area (Å²) in [5.74, 6) is 0. The van der Waals surface area contributed by atoms with E-state index in [1.54, 1.807) is 11.3 Å². The highest BCUT2D eigenvalue weighted by Gasteiger charge is 2.33. The molecule has 1 aliphatic heterocycles. The number of rotatable bonds is 4. The Morgan fingerprint density at radius 2 is 2.15 bits per heavy atom. The fourth-order valence-corrected chi connectivity index (χ4v) is 3.49. The van der Waals surface area contributed by atoms with Crippen molar-refractivity contribution < 1.29 is 0 Å². The van der Waals surface area contributed by atoms with Crippen molar-refractivity contribution in [2.45, 2.75) is 52.6 Å². The molecule has 118 valence electrons. The van der Waals surface area contributed by atoms with Gasteiger partial charge in [0.2, 0.25) is 0 Å². The Labute approximate surface area is 139 Å². The first-order valence-electron chi connectivity index (χ1n) is 6.92. The zero-order chi connectivity index (χ0) is 13.2. The van der Waals surface area contributed by atoms with Crippen molar-refractivity contribution in [1.82, 2.24) is 9.88 Å². The Kier molecular flexibility index (Phi) is 8.60. The van der Waals surface area contributed by atoms with E-state index in [1.807, 2.05) is 0 Å². The van der Waals surface area contributed by atoms with Gasteiger partial charge in [0.25, 0.3) is 0 Å². The summed E-state index contributed by atoms with van der Waals surface area (Å²) in [6.45, 7) is 9.91. The third-order valence-electron chi connectivity index (χ3n) is 3.84. The lowest BCUT2D eigenvalue weighted by atomic mass is 9.80. The summed E-state index contributed by atoms with van der Waals surface area (Å²) in [5.41, 5.74) is 7.63. The molecule has 0 aliphatic carbocycles. The van der Waals surface area contributed by atoms with Crippen LogP contribution in [0.15, 0.2) is 5.38 Å². The average Bonchev–Trinajstić information content (AvgIpc) is 2.71. The lowest BCUT2D eigenvalue weighted by Gasteiger charge is -2.42. The van der Waals surface area contributed by atoms with Crippen molar-refractivity contribution in [1.29, 1.82) is 0 Å². The lowest BCUT2D eigenvalue weighted by Crippen LogP contribution is -2.52. The highest BCUT2D eigenvalue weighted by molar-refractivity contribution is 7.09. The van der Waals surface area contributed by atoms with Crippen molar-refractivity contribution in [2.75, 3.05) is 13.1 Å². The number of hydrogen-bond acceptors (Lipinski definition) is 4. The molecular weight excluding hydrogens is 313 g/mol. The second-order valence-electron chi connectivity index (χ2n) is 6.08. The Bertz CT molecular complexity index is 396. The zero-order valence-corrected chi connectivity index (χ0v) is 15.0. The predicted molar refractivity (Wildman–Crippen MR) is 92.3 cm³/mol. The number of halogens is 2. The topological polar surface area (TPSA) is 42.2 Å². The summed E-state index contributed by atoms with van der Waals surface area (Å²) in [7, 11) is 0. The van der Waals surface area contributed by atoms with E-state index in [1.165, 1.54) is 17.1 Å². The van der Waals surface area contributed by atoms with Gasteiger partial charge in [-0.05, 0) is 24.7 Å². The molecule has 1 aliphatic rings. The van der Waals surface area contributed by atoms with Gasteiger partial charge in [-0.3, -0.25) is 4.90 Å². The lowest BCUT2D eigenvalue weighted by molar-refractivity contribution is 0.0890. The van der Waals surface area contributed by atoms with Crippen LogP contribution in [0.2, 0.25) is 0 Å². The van der Waals surface area contributed by atoms with E-state index in [9.17, 15) is 0 Å². The van der Waals surface area contributed by atoms with Crippen LogP contribution in [0.4, 0.5) is 0 Å². The molecule has 0 bridgehead atoms. The number of aromatic nitrogens is 1. The summed E-state index contributed by atoms with van der Waals surface area (Å²) < 4.78 is 0.